The lowest BCUT2D eigenvalue weighted by Gasteiger charge is -2.31. The van der Waals surface area contributed by atoms with Crippen molar-refractivity contribution < 1.29 is 36.6 Å². The maximum absolute atomic E-state index is 13.2. The summed E-state index contributed by atoms with van der Waals surface area (Å²) >= 11 is 0. The Balaban J connectivity index is 1.49. The van der Waals surface area contributed by atoms with Gasteiger partial charge in [0.1, 0.15) is 5.75 Å². The maximum Gasteiger partial charge on any atom is 0.362 e. The summed E-state index contributed by atoms with van der Waals surface area (Å²) in [5.41, 5.74) is 6.92. The molecule has 1 atom stereocenters. The number of fused-ring (bicyclic) bond motifs is 1. The van der Waals surface area contributed by atoms with Crippen molar-refractivity contribution >= 4 is 11.9 Å². The number of carbonyl (C=O) groups is 2. The van der Waals surface area contributed by atoms with E-state index in [-0.39, 0.29) is 24.0 Å². The van der Waals surface area contributed by atoms with Gasteiger partial charge in [-0.05, 0) is 38.1 Å². The summed E-state index contributed by atoms with van der Waals surface area (Å²) in [6.07, 6.45) is -0.943. The zero-order valence-corrected chi connectivity index (χ0v) is 19.2. The summed E-state index contributed by atoms with van der Waals surface area (Å²) in [6, 6.07) is 9.43. The fourth-order valence-corrected chi connectivity index (χ4v) is 3.72. The Morgan fingerprint density at radius 3 is 2.58 bits per heavy atom. The lowest BCUT2D eigenvalue weighted by molar-refractivity contribution is -0.159. The summed E-state index contributed by atoms with van der Waals surface area (Å²) in [6.45, 7) is 1.84. The molecule has 0 radical (unpaired) electrons. The number of halogens is 4. The van der Waals surface area contributed by atoms with Gasteiger partial charge in [-0.15, -0.1) is 0 Å². The zero-order valence-electron chi connectivity index (χ0n) is 19.2. The molecule has 190 valence electrons. The van der Waals surface area contributed by atoms with E-state index < -0.39 is 31.0 Å². The standard InChI is InChI=1S/C24H22F4N4O4/c1-13-10-18(30-31-20(13)35-12-24(27,28)23(25)26)14(2)32-11-17-16(21(32)33)8-9-29-19(17)22(34)36-15-6-4-3-5-7-15/h3-10,14,23,30-31H,11-12H2,1-2H3. The lowest BCUT2D eigenvalue weighted by atomic mass is 10.1. The Hall–Kier alpha value is -4.09. The summed E-state index contributed by atoms with van der Waals surface area (Å²) in [4.78, 5) is 31.5. The van der Waals surface area contributed by atoms with Crippen LogP contribution in [0, 0.1) is 0 Å². The number of hydrogen-bond acceptors (Lipinski definition) is 7. The van der Waals surface area contributed by atoms with Crippen LogP contribution in [-0.4, -0.2) is 46.8 Å². The summed E-state index contributed by atoms with van der Waals surface area (Å²) in [7, 11) is 0. The van der Waals surface area contributed by atoms with Crippen LogP contribution in [0.25, 0.3) is 0 Å². The van der Waals surface area contributed by atoms with E-state index in [1.165, 1.54) is 17.2 Å². The van der Waals surface area contributed by atoms with Gasteiger partial charge in [-0.2, -0.15) is 8.78 Å². The normalized spacial score (nSPS) is 16.2. The van der Waals surface area contributed by atoms with Crippen LogP contribution in [0.5, 0.6) is 5.75 Å². The molecule has 8 nitrogen and oxygen atoms in total. The van der Waals surface area contributed by atoms with Gasteiger partial charge in [0, 0.05) is 29.4 Å². The Bertz CT molecular complexity index is 1230. The number of amides is 1. The molecule has 12 heteroatoms. The minimum atomic E-state index is -4.30. The third kappa shape index (κ3) is 4.97. The molecule has 0 fully saturated rings. The molecule has 2 aliphatic rings. The first-order chi connectivity index (χ1) is 17.1. The number of ether oxygens (including phenoxy) is 2. The molecule has 1 aromatic heterocycles. The minimum Gasteiger partial charge on any atom is -0.471 e. The number of rotatable bonds is 8. The van der Waals surface area contributed by atoms with Crippen molar-refractivity contribution in [2.75, 3.05) is 6.61 Å². The number of aromatic nitrogens is 1. The number of para-hydroxylation sites is 1. The predicted octanol–water partition coefficient (Wildman–Crippen LogP) is 3.79. The van der Waals surface area contributed by atoms with Crippen molar-refractivity contribution in [2.24, 2.45) is 0 Å². The van der Waals surface area contributed by atoms with Crippen LogP contribution in [-0.2, 0) is 11.3 Å². The molecule has 2 aliphatic heterocycles. The molecule has 4 rings (SSSR count). The molecule has 0 spiro atoms. The van der Waals surface area contributed by atoms with Crippen molar-refractivity contribution in [3.05, 3.63) is 82.6 Å². The second kappa shape index (κ2) is 9.88. The highest BCUT2D eigenvalue weighted by Gasteiger charge is 2.42. The van der Waals surface area contributed by atoms with Gasteiger partial charge >= 0.3 is 18.3 Å². The molecule has 1 unspecified atom stereocenters. The van der Waals surface area contributed by atoms with Crippen molar-refractivity contribution in [3.8, 4) is 5.75 Å². The van der Waals surface area contributed by atoms with E-state index in [2.05, 4.69) is 15.8 Å². The summed E-state index contributed by atoms with van der Waals surface area (Å²) in [5, 5.41) is 0. The highest BCUT2D eigenvalue weighted by atomic mass is 19.3. The van der Waals surface area contributed by atoms with Crippen LogP contribution in [0.1, 0.15) is 40.3 Å². The zero-order chi connectivity index (χ0) is 26.0. The molecular formula is C24H22F4N4O4. The average molecular weight is 506 g/mol. The fraction of sp³-hybridized carbons (Fsp3) is 0.292. The van der Waals surface area contributed by atoms with Gasteiger partial charge in [-0.3, -0.25) is 10.2 Å². The van der Waals surface area contributed by atoms with Crippen LogP contribution in [0.2, 0.25) is 0 Å². The lowest BCUT2D eigenvalue weighted by Crippen LogP contribution is -2.45. The largest absolute Gasteiger partial charge is 0.471 e. The molecule has 0 saturated heterocycles. The summed E-state index contributed by atoms with van der Waals surface area (Å²) in [5.74, 6) is -5.13. The maximum atomic E-state index is 13.2. The first-order valence-corrected chi connectivity index (χ1v) is 10.9. The van der Waals surface area contributed by atoms with E-state index in [4.69, 9.17) is 9.47 Å². The number of hydrazine groups is 1. The smallest absolute Gasteiger partial charge is 0.362 e. The Morgan fingerprint density at radius 2 is 1.92 bits per heavy atom. The number of hydrogen-bond donors (Lipinski definition) is 2. The van der Waals surface area contributed by atoms with Crippen LogP contribution in [0.15, 0.2) is 65.8 Å². The van der Waals surface area contributed by atoms with Gasteiger partial charge in [0.05, 0.1) is 11.7 Å². The van der Waals surface area contributed by atoms with Crippen LogP contribution in [0.4, 0.5) is 17.6 Å². The average Bonchev–Trinajstić information content (AvgIpc) is 3.19. The molecule has 2 N–H and O–H groups in total. The minimum absolute atomic E-state index is 0.0230. The second-order valence-electron chi connectivity index (χ2n) is 8.21. The molecule has 1 amide bonds. The molecule has 0 saturated carbocycles. The quantitative estimate of drug-likeness (QED) is 0.320. The van der Waals surface area contributed by atoms with Gasteiger partial charge in [0.15, 0.2) is 12.3 Å². The van der Waals surface area contributed by atoms with Crippen molar-refractivity contribution in [3.63, 3.8) is 0 Å². The molecular weight excluding hydrogens is 484 g/mol. The molecule has 36 heavy (non-hydrogen) atoms. The number of nitrogens with one attached hydrogen (secondary N) is 2. The van der Waals surface area contributed by atoms with E-state index in [1.54, 1.807) is 50.3 Å². The van der Waals surface area contributed by atoms with E-state index in [1.807, 2.05) is 0 Å². The first-order valence-electron chi connectivity index (χ1n) is 10.9. The van der Waals surface area contributed by atoms with Crippen LogP contribution in [0.3, 0.4) is 0 Å². The van der Waals surface area contributed by atoms with Gasteiger partial charge in [-0.1, -0.05) is 18.2 Å². The number of carbonyl (C=O) groups excluding carboxylic acids is 2. The summed E-state index contributed by atoms with van der Waals surface area (Å²) < 4.78 is 61.3. The third-order valence-corrected chi connectivity index (χ3v) is 5.72. The molecule has 1 aromatic carbocycles. The number of nitrogens with zero attached hydrogens (tertiary/aromatic N) is 2. The SMILES string of the molecule is CC1=C(OCC(F)(F)C(F)F)NNC(C(C)N2Cc3c(ccnc3C(=O)Oc3ccccc3)C2=O)=C1. The van der Waals surface area contributed by atoms with Gasteiger partial charge in [0.2, 0.25) is 5.88 Å². The number of allylic oxidation sites excluding steroid dienone is 2. The van der Waals surface area contributed by atoms with Gasteiger partial charge < -0.3 is 19.8 Å². The van der Waals surface area contributed by atoms with Crippen molar-refractivity contribution in [1.82, 2.24) is 20.7 Å². The number of pyridine rings is 1. The predicted molar refractivity (Wildman–Crippen MR) is 119 cm³/mol. The van der Waals surface area contributed by atoms with E-state index >= 15 is 0 Å². The van der Waals surface area contributed by atoms with Crippen LogP contribution >= 0.6 is 0 Å². The van der Waals surface area contributed by atoms with Crippen LogP contribution < -0.4 is 15.6 Å². The molecule has 2 aromatic rings. The second-order valence-corrected chi connectivity index (χ2v) is 8.21. The first kappa shape index (κ1) is 25.0. The van der Waals surface area contributed by atoms with Gasteiger partial charge in [0.25, 0.3) is 5.91 Å². The third-order valence-electron chi connectivity index (χ3n) is 5.72. The molecule has 0 bridgehead atoms. The number of benzene rings is 1. The van der Waals surface area contributed by atoms with E-state index in [0.717, 1.165) is 0 Å². The Kier molecular flexibility index (Phi) is 6.86. The highest BCUT2D eigenvalue weighted by Crippen LogP contribution is 2.30. The van der Waals surface area contributed by atoms with Crippen molar-refractivity contribution in [2.45, 2.75) is 38.8 Å². The monoisotopic (exact) mass is 506 g/mol. The number of esters is 1. The molecule has 0 aliphatic carbocycles. The van der Waals surface area contributed by atoms with Crippen molar-refractivity contribution in [1.29, 1.82) is 0 Å². The van der Waals surface area contributed by atoms with E-state index in [9.17, 15) is 27.2 Å². The Morgan fingerprint density at radius 1 is 1.19 bits per heavy atom. The van der Waals surface area contributed by atoms with E-state index in [0.29, 0.717) is 28.1 Å². The fourth-order valence-electron chi connectivity index (χ4n) is 3.72. The highest BCUT2D eigenvalue weighted by molar-refractivity contribution is 6.02. The molecule has 3 heterocycles. The Labute approximate surface area is 203 Å². The number of alkyl halides is 4. The topological polar surface area (TPSA) is 92.8 Å². The van der Waals surface area contributed by atoms with Gasteiger partial charge in [-0.25, -0.2) is 18.6 Å².